The van der Waals surface area contributed by atoms with Crippen LogP contribution in [0.1, 0.15) is 28.7 Å². The molecule has 0 fully saturated rings. The summed E-state index contributed by atoms with van der Waals surface area (Å²) in [6.45, 7) is 3.93. The zero-order valence-corrected chi connectivity index (χ0v) is 15.2. The number of amides is 1. The molecule has 5 nitrogen and oxygen atoms in total. The molecule has 0 aliphatic carbocycles. The van der Waals surface area contributed by atoms with E-state index in [1.807, 2.05) is 26.0 Å². The van der Waals surface area contributed by atoms with E-state index >= 15 is 0 Å². The molecule has 1 amide bonds. The molecule has 0 aliphatic rings. The first-order chi connectivity index (χ1) is 9.85. The Bertz CT molecular complexity index is 686. The van der Waals surface area contributed by atoms with Crippen LogP contribution in [0.4, 0.5) is 11.4 Å². The van der Waals surface area contributed by atoms with Gasteiger partial charge in [0.25, 0.3) is 5.91 Å². The highest BCUT2D eigenvalue weighted by Gasteiger charge is 2.20. The first-order valence-corrected chi connectivity index (χ1v) is 8.02. The molecule has 112 valence electrons. The second-order valence-electron chi connectivity index (χ2n) is 4.74. The number of aromatic nitrogens is 2. The van der Waals surface area contributed by atoms with Crippen LogP contribution in [-0.2, 0) is 13.5 Å². The Morgan fingerprint density at radius 3 is 2.43 bits per heavy atom. The first kappa shape index (κ1) is 16.0. The van der Waals surface area contributed by atoms with E-state index in [0.29, 0.717) is 23.5 Å². The number of hydrogen-bond donors (Lipinski definition) is 2. The van der Waals surface area contributed by atoms with Crippen LogP contribution in [0, 0.1) is 6.92 Å². The summed E-state index contributed by atoms with van der Waals surface area (Å²) in [5.41, 5.74) is 9.28. The quantitative estimate of drug-likeness (QED) is 0.803. The lowest BCUT2D eigenvalue weighted by Gasteiger charge is -2.11. The number of carbonyl (C=O) groups excluding carboxylic acids is 1. The largest absolute Gasteiger partial charge is 0.395 e. The number of rotatable bonds is 3. The smallest absolute Gasteiger partial charge is 0.276 e. The van der Waals surface area contributed by atoms with Gasteiger partial charge in [0.05, 0.1) is 17.1 Å². The average molecular weight is 416 g/mol. The van der Waals surface area contributed by atoms with Gasteiger partial charge in [0.15, 0.2) is 0 Å². The fourth-order valence-corrected chi connectivity index (χ4v) is 3.73. The molecule has 0 unspecified atom stereocenters. The Hall–Kier alpha value is -1.34. The van der Waals surface area contributed by atoms with Gasteiger partial charge >= 0.3 is 0 Å². The van der Waals surface area contributed by atoms with Crippen LogP contribution < -0.4 is 11.1 Å². The number of halogens is 2. The molecule has 1 aromatic heterocycles. The molecular weight excluding hydrogens is 400 g/mol. The van der Waals surface area contributed by atoms with Crippen LogP contribution in [0.2, 0.25) is 0 Å². The van der Waals surface area contributed by atoms with E-state index in [1.165, 1.54) is 4.68 Å². The van der Waals surface area contributed by atoms with E-state index in [1.54, 1.807) is 7.05 Å². The SMILES string of the molecule is CCc1nn(C)c(C(=O)Nc2c(Br)cc(C)cc2Br)c1N. The fourth-order valence-electron chi connectivity index (χ4n) is 2.12. The number of benzene rings is 1. The molecule has 0 bridgehead atoms. The van der Waals surface area contributed by atoms with Crippen molar-refractivity contribution >= 4 is 49.1 Å². The highest BCUT2D eigenvalue weighted by Crippen LogP contribution is 2.33. The number of anilines is 2. The zero-order chi connectivity index (χ0) is 15.7. The molecular formula is C14H16Br2N4O. The van der Waals surface area contributed by atoms with Gasteiger partial charge in [0.2, 0.25) is 0 Å². The lowest BCUT2D eigenvalue weighted by molar-refractivity contribution is 0.101. The van der Waals surface area contributed by atoms with E-state index in [2.05, 4.69) is 42.3 Å². The topological polar surface area (TPSA) is 72.9 Å². The summed E-state index contributed by atoms with van der Waals surface area (Å²) in [6.07, 6.45) is 0.685. The Labute approximate surface area is 140 Å². The Morgan fingerprint density at radius 1 is 1.38 bits per heavy atom. The molecule has 1 heterocycles. The van der Waals surface area contributed by atoms with Crippen molar-refractivity contribution in [3.63, 3.8) is 0 Å². The summed E-state index contributed by atoms with van der Waals surface area (Å²) in [6, 6.07) is 3.87. The van der Waals surface area contributed by atoms with E-state index < -0.39 is 0 Å². The second-order valence-corrected chi connectivity index (χ2v) is 6.45. The lowest BCUT2D eigenvalue weighted by atomic mass is 10.2. The third kappa shape index (κ3) is 3.13. The molecule has 7 heteroatoms. The molecule has 2 aromatic rings. The molecule has 0 aliphatic heterocycles. The van der Waals surface area contributed by atoms with Gasteiger partial charge in [0, 0.05) is 16.0 Å². The minimum atomic E-state index is -0.285. The van der Waals surface area contributed by atoms with Gasteiger partial charge in [-0.15, -0.1) is 0 Å². The van der Waals surface area contributed by atoms with Crippen molar-refractivity contribution in [2.24, 2.45) is 7.05 Å². The first-order valence-electron chi connectivity index (χ1n) is 6.43. The maximum Gasteiger partial charge on any atom is 0.276 e. The summed E-state index contributed by atoms with van der Waals surface area (Å²) < 4.78 is 3.12. The molecule has 3 N–H and O–H groups in total. The van der Waals surface area contributed by atoms with Crippen molar-refractivity contribution in [1.29, 1.82) is 0 Å². The van der Waals surface area contributed by atoms with Gasteiger partial charge in [0.1, 0.15) is 5.69 Å². The maximum atomic E-state index is 12.5. The second kappa shape index (κ2) is 6.19. The summed E-state index contributed by atoms with van der Waals surface area (Å²) in [4.78, 5) is 12.5. The van der Waals surface area contributed by atoms with Crippen LogP contribution >= 0.6 is 31.9 Å². The summed E-state index contributed by atoms with van der Waals surface area (Å²) in [7, 11) is 1.71. The van der Waals surface area contributed by atoms with E-state index in [-0.39, 0.29) is 5.91 Å². The maximum absolute atomic E-state index is 12.5. The molecule has 0 radical (unpaired) electrons. The number of nitrogens with one attached hydrogen (secondary N) is 1. The molecule has 0 spiro atoms. The lowest BCUT2D eigenvalue weighted by Crippen LogP contribution is -2.18. The van der Waals surface area contributed by atoms with E-state index in [0.717, 1.165) is 20.2 Å². The standard InChI is InChI=1S/C14H16Br2N4O/c1-4-10-11(17)13(20(3)19-10)14(21)18-12-8(15)5-7(2)6-9(12)16/h5-6H,4,17H2,1-3H3,(H,18,21). The number of hydrogen-bond acceptors (Lipinski definition) is 3. The number of nitrogens with two attached hydrogens (primary N) is 1. The third-order valence-corrected chi connectivity index (χ3v) is 4.39. The van der Waals surface area contributed by atoms with Gasteiger partial charge in [-0.2, -0.15) is 5.10 Å². The Balaban J connectivity index is 2.37. The molecule has 0 atom stereocenters. The summed E-state index contributed by atoms with van der Waals surface area (Å²) in [5, 5.41) is 7.13. The highest BCUT2D eigenvalue weighted by molar-refractivity contribution is 9.11. The van der Waals surface area contributed by atoms with Gasteiger partial charge in [-0.25, -0.2) is 0 Å². The van der Waals surface area contributed by atoms with Gasteiger partial charge in [-0.3, -0.25) is 9.48 Å². The van der Waals surface area contributed by atoms with Crippen molar-refractivity contribution in [1.82, 2.24) is 9.78 Å². The van der Waals surface area contributed by atoms with Crippen molar-refractivity contribution in [2.75, 3.05) is 11.1 Å². The van der Waals surface area contributed by atoms with E-state index in [9.17, 15) is 4.79 Å². The van der Waals surface area contributed by atoms with Crippen LogP contribution in [0.5, 0.6) is 0 Å². The molecule has 2 rings (SSSR count). The van der Waals surface area contributed by atoms with Gasteiger partial charge < -0.3 is 11.1 Å². The zero-order valence-electron chi connectivity index (χ0n) is 12.0. The van der Waals surface area contributed by atoms with Gasteiger partial charge in [-0.1, -0.05) is 6.92 Å². The highest BCUT2D eigenvalue weighted by atomic mass is 79.9. The predicted octanol–water partition coefficient (Wildman–Crippen LogP) is 3.65. The van der Waals surface area contributed by atoms with Crippen molar-refractivity contribution in [2.45, 2.75) is 20.3 Å². The summed E-state index contributed by atoms with van der Waals surface area (Å²) in [5.74, 6) is -0.285. The Kier molecular flexibility index (Phi) is 4.73. The van der Waals surface area contributed by atoms with Crippen LogP contribution in [0.15, 0.2) is 21.1 Å². The molecule has 21 heavy (non-hydrogen) atoms. The molecule has 0 saturated carbocycles. The van der Waals surface area contributed by atoms with Crippen molar-refractivity contribution < 1.29 is 4.79 Å². The Morgan fingerprint density at radius 2 is 1.95 bits per heavy atom. The average Bonchev–Trinajstić information content (AvgIpc) is 2.68. The minimum Gasteiger partial charge on any atom is -0.395 e. The number of nitrogen functional groups attached to an aromatic ring is 1. The molecule has 0 saturated heterocycles. The number of aryl methyl sites for hydroxylation is 3. The number of nitrogens with zero attached hydrogens (tertiary/aromatic N) is 2. The fraction of sp³-hybridized carbons (Fsp3) is 0.286. The molecule has 1 aromatic carbocycles. The predicted molar refractivity (Wildman–Crippen MR) is 91.5 cm³/mol. The summed E-state index contributed by atoms with van der Waals surface area (Å²) >= 11 is 6.91. The minimum absolute atomic E-state index is 0.285. The number of carbonyl (C=O) groups is 1. The van der Waals surface area contributed by atoms with Crippen LogP contribution in [0.3, 0.4) is 0 Å². The van der Waals surface area contributed by atoms with Crippen LogP contribution in [-0.4, -0.2) is 15.7 Å². The van der Waals surface area contributed by atoms with Crippen molar-refractivity contribution in [3.8, 4) is 0 Å². The van der Waals surface area contributed by atoms with Crippen molar-refractivity contribution in [3.05, 3.63) is 38.0 Å². The normalized spacial score (nSPS) is 10.7. The monoisotopic (exact) mass is 414 g/mol. The van der Waals surface area contributed by atoms with E-state index in [4.69, 9.17) is 5.73 Å². The third-order valence-electron chi connectivity index (χ3n) is 3.14. The van der Waals surface area contributed by atoms with Gasteiger partial charge in [-0.05, 0) is 62.9 Å². The van der Waals surface area contributed by atoms with Crippen LogP contribution in [0.25, 0.3) is 0 Å².